The second-order valence-electron chi connectivity index (χ2n) is 10.8. The molecule has 2 aromatic rings. The van der Waals surface area contributed by atoms with Gasteiger partial charge in [-0.3, -0.25) is 14.6 Å². The zero-order valence-electron chi connectivity index (χ0n) is 24.9. The molecule has 8 N–H and O–H groups in total. The number of carboxylic acid groups (broad SMARTS) is 1. The lowest BCUT2D eigenvalue weighted by Gasteiger charge is -2.33. The van der Waals surface area contributed by atoms with E-state index in [2.05, 4.69) is 31.6 Å². The number of nitrogens with two attached hydrogens (primary N) is 1. The highest BCUT2D eigenvalue weighted by atomic mass is 16.4. The topological polar surface area (TPSA) is 204 Å². The predicted molar refractivity (Wildman–Crippen MR) is 165 cm³/mol. The Bertz CT molecular complexity index is 1310. The molecule has 6 atom stereocenters. The fourth-order valence-electron chi connectivity index (χ4n) is 4.84. The molecule has 0 saturated heterocycles. The van der Waals surface area contributed by atoms with Gasteiger partial charge in [0.05, 0.1) is 12.1 Å². The molecule has 13 heteroatoms. The van der Waals surface area contributed by atoms with Crippen molar-refractivity contribution in [3.63, 3.8) is 0 Å². The molecule has 0 aliphatic carbocycles. The summed E-state index contributed by atoms with van der Waals surface area (Å²) < 4.78 is 0. The monoisotopic (exact) mass is 607 g/mol. The number of nitrogens with zero attached hydrogens (tertiary/aromatic N) is 1. The van der Waals surface area contributed by atoms with Crippen LogP contribution in [0, 0.1) is 5.92 Å². The quantitative estimate of drug-likeness (QED) is 0.142. The van der Waals surface area contributed by atoms with Crippen molar-refractivity contribution in [1.29, 1.82) is 0 Å². The summed E-state index contributed by atoms with van der Waals surface area (Å²) in [5, 5.41) is 23.1. The molecule has 0 saturated carbocycles. The van der Waals surface area contributed by atoms with Gasteiger partial charge in [-0.1, -0.05) is 80.9 Å². The van der Waals surface area contributed by atoms with Gasteiger partial charge in [0, 0.05) is 13.0 Å². The number of guanidine groups is 1. The van der Waals surface area contributed by atoms with Gasteiger partial charge in [-0.15, -0.1) is 0 Å². The van der Waals surface area contributed by atoms with Gasteiger partial charge in [-0.2, -0.15) is 0 Å². The van der Waals surface area contributed by atoms with Crippen molar-refractivity contribution in [2.75, 3.05) is 6.54 Å². The SMILES string of the molecule is CC[C@@H](C)[C@H](NC(=O)[C@@H](NC(=O)N[C@@H](Cc1ccccc1)C(=O)O)[C@H]1CCN=C(N)N1)C(=O)N[C@H](C=O)Cc1ccccc1. The number of benzene rings is 2. The summed E-state index contributed by atoms with van der Waals surface area (Å²) in [6.45, 7) is 3.94. The average Bonchev–Trinajstić information content (AvgIpc) is 3.02. The van der Waals surface area contributed by atoms with Crippen LogP contribution in [0.2, 0.25) is 0 Å². The summed E-state index contributed by atoms with van der Waals surface area (Å²) in [5.41, 5.74) is 7.42. The van der Waals surface area contributed by atoms with Crippen LogP contribution in [0.3, 0.4) is 0 Å². The van der Waals surface area contributed by atoms with Crippen LogP contribution < -0.4 is 32.3 Å². The number of carbonyl (C=O) groups is 5. The van der Waals surface area contributed by atoms with E-state index in [0.29, 0.717) is 24.7 Å². The minimum Gasteiger partial charge on any atom is -0.480 e. The zero-order chi connectivity index (χ0) is 32.1. The maximum absolute atomic E-state index is 13.7. The number of aliphatic carboxylic acids is 1. The molecule has 236 valence electrons. The number of carbonyl (C=O) groups excluding carboxylic acids is 4. The van der Waals surface area contributed by atoms with E-state index >= 15 is 0 Å². The lowest BCUT2D eigenvalue weighted by molar-refractivity contribution is -0.139. The molecule has 3 rings (SSSR count). The summed E-state index contributed by atoms with van der Waals surface area (Å²) in [4.78, 5) is 68.0. The molecule has 1 aliphatic heterocycles. The number of amides is 4. The Kier molecular flexibility index (Phi) is 12.7. The summed E-state index contributed by atoms with van der Waals surface area (Å²) in [7, 11) is 0. The molecule has 1 aliphatic rings. The number of nitrogens with one attached hydrogen (secondary N) is 5. The van der Waals surface area contributed by atoms with E-state index < -0.39 is 54.0 Å². The van der Waals surface area contributed by atoms with Crippen LogP contribution in [0.15, 0.2) is 65.7 Å². The minimum atomic E-state index is -1.27. The van der Waals surface area contributed by atoms with Gasteiger partial charge in [0.1, 0.15) is 24.4 Å². The number of hydrogen-bond donors (Lipinski definition) is 7. The smallest absolute Gasteiger partial charge is 0.326 e. The Morgan fingerprint density at radius 1 is 0.955 bits per heavy atom. The van der Waals surface area contributed by atoms with E-state index in [1.807, 2.05) is 37.3 Å². The molecule has 1 heterocycles. The van der Waals surface area contributed by atoms with Crippen molar-refractivity contribution in [1.82, 2.24) is 26.6 Å². The Labute approximate surface area is 256 Å². The number of urea groups is 1. The first-order chi connectivity index (χ1) is 21.1. The van der Waals surface area contributed by atoms with Crippen molar-refractivity contribution in [3.05, 3.63) is 71.8 Å². The molecule has 0 unspecified atom stereocenters. The summed E-state index contributed by atoms with van der Waals surface area (Å²) in [6, 6.07) is 12.1. The number of aldehydes is 1. The van der Waals surface area contributed by atoms with Crippen LogP contribution in [-0.2, 0) is 32.0 Å². The van der Waals surface area contributed by atoms with E-state index in [1.165, 1.54) is 0 Å². The van der Waals surface area contributed by atoms with Gasteiger partial charge in [-0.05, 0) is 29.9 Å². The van der Waals surface area contributed by atoms with Crippen LogP contribution in [0.1, 0.15) is 37.8 Å². The standard InChI is InChI=1S/C31H41N7O6/c1-3-19(2)25(27(40)34-22(18-39)16-20-10-6-4-7-11-20)37-28(41)26(23-14-15-33-30(32)35-23)38-31(44)36-24(29(42)43)17-21-12-8-5-9-13-21/h4-13,18-19,22-26H,3,14-17H2,1-2H3,(H,34,40)(H,37,41)(H,42,43)(H3,32,33,35)(H2,36,38,44)/t19-,22+,23-,24+,25+,26+/m1/s1. The first kappa shape index (κ1) is 33.6. The van der Waals surface area contributed by atoms with E-state index in [0.717, 1.165) is 5.56 Å². The first-order valence-corrected chi connectivity index (χ1v) is 14.6. The molecule has 0 radical (unpaired) electrons. The number of aliphatic imine (C=N–C) groups is 1. The van der Waals surface area contributed by atoms with Crippen molar-refractivity contribution in [2.45, 2.75) is 69.7 Å². The molecule has 2 aromatic carbocycles. The van der Waals surface area contributed by atoms with Crippen LogP contribution in [-0.4, -0.2) is 77.9 Å². The van der Waals surface area contributed by atoms with Crippen molar-refractivity contribution in [2.24, 2.45) is 16.6 Å². The number of hydrogen-bond acceptors (Lipinski definition) is 8. The first-order valence-electron chi connectivity index (χ1n) is 14.6. The molecular weight excluding hydrogens is 566 g/mol. The van der Waals surface area contributed by atoms with E-state index in [1.54, 1.807) is 37.3 Å². The Balaban J connectivity index is 1.76. The van der Waals surface area contributed by atoms with Crippen molar-refractivity contribution in [3.8, 4) is 0 Å². The average molecular weight is 608 g/mol. The predicted octanol–water partition coefficient (Wildman–Crippen LogP) is 0.484. The van der Waals surface area contributed by atoms with E-state index in [9.17, 15) is 29.1 Å². The van der Waals surface area contributed by atoms with Gasteiger partial charge in [-0.25, -0.2) is 9.59 Å². The van der Waals surface area contributed by atoms with Crippen LogP contribution in [0.4, 0.5) is 4.79 Å². The van der Waals surface area contributed by atoms with Crippen LogP contribution in [0.25, 0.3) is 0 Å². The number of rotatable bonds is 15. The third-order valence-corrected chi connectivity index (χ3v) is 7.50. The zero-order valence-corrected chi connectivity index (χ0v) is 24.9. The maximum atomic E-state index is 13.7. The van der Waals surface area contributed by atoms with E-state index in [4.69, 9.17) is 5.73 Å². The highest BCUT2D eigenvalue weighted by Gasteiger charge is 2.36. The summed E-state index contributed by atoms with van der Waals surface area (Å²) in [5.74, 6) is -2.72. The molecule has 0 bridgehead atoms. The third-order valence-electron chi connectivity index (χ3n) is 7.50. The Hall–Kier alpha value is -4.94. The van der Waals surface area contributed by atoms with E-state index in [-0.39, 0.29) is 31.3 Å². The summed E-state index contributed by atoms with van der Waals surface area (Å²) >= 11 is 0. The third kappa shape index (κ3) is 10.1. The Morgan fingerprint density at radius 2 is 1.57 bits per heavy atom. The Morgan fingerprint density at radius 3 is 2.11 bits per heavy atom. The fraction of sp³-hybridized carbons (Fsp3) is 0.419. The van der Waals surface area contributed by atoms with Crippen LogP contribution in [0.5, 0.6) is 0 Å². The van der Waals surface area contributed by atoms with Crippen molar-refractivity contribution < 1.29 is 29.1 Å². The largest absolute Gasteiger partial charge is 0.480 e. The fourth-order valence-corrected chi connectivity index (χ4v) is 4.84. The van der Waals surface area contributed by atoms with Gasteiger partial charge >= 0.3 is 12.0 Å². The lowest BCUT2D eigenvalue weighted by Crippen LogP contribution is -2.65. The second kappa shape index (κ2) is 16.6. The van der Waals surface area contributed by atoms with Gasteiger partial charge in [0.2, 0.25) is 11.8 Å². The summed E-state index contributed by atoms with van der Waals surface area (Å²) in [6.07, 6.45) is 1.81. The minimum absolute atomic E-state index is 0.0267. The second-order valence-corrected chi connectivity index (χ2v) is 10.8. The lowest BCUT2D eigenvalue weighted by atomic mass is 9.96. The molecule has 44 heavy (non-hydrogen) atoms. The normalized spacial score (nSPS) is 17.7. The molecule has 0 fully saturated rings. The van der Waals surface area contributed by atoms with Crippen LogP contribution >= 0.6 is 0 Å². The molecule has 0 spiro atoms. The molecule has 0 aromatic heterocycles. The highest BCUT2D eigenvalue weighted by molar-refractivity contribution is 5.94. The molecule has 13 nitrogen and oxygen atoms in total. The molecule has 4 amide bonds. The van der Waals surface area contributed by atoms with Gasteiger partial charge in [0.15, 0.2) is 5.96 Å². The molecular formula is C31H41N7O6. The maximum Gasteiger partial charge on any atom is 0.326 e. The highest BCUT2D eigenvalue weighted by Crippen LogP contribution is 2.12. The number of carboxylic acids is 1. The van der Waals surface area contributed by atoms with Crippen molar-refractivity contribution >= 4 is 36.1 Å². The van der Waals surface area contributed by atoms with Gasteiger partial charge in [0.25, 0.3) is 0 Å². The van der Waals surface area contributed by atoms with Gasteiger partial charge < -0.3 is 42.2 Å².